The predicted octanol–water partition coefficient (Wildman–Crippen LogP) is 2.84. The number of rotatable bonds is 3. The first-order valence-corrected chi connectivity index (χ1v) is 5.24. The van der Waals surface area contributed by atoms with Crippen LogP contribution in [0.4, 0.5) is 0 Å². The summed E-state index contributed by atoms with van der Waals surface area (Å²) >= 11 is 9.53. The molecule has 1 N–H and O–H groups in total. The van der Waals surface area contributed by atoms with Gasteiger partial charge >= 0.3 is 0 Å². The van der Waals surface area contributed by atoms with Crippen LogP contribution in [0.2, 0.25) is 0 Å². The first kappa shape index (κ1) is 13.6. The summed E-state index contributed by atoms with van der Waals surface area (Å²) in [5.74, 6) is 0.907. The molecule has 0 spiro atoms. The number of ether oxygens (including phenoxy) is 1. The molecule has 0 unspecified atom stereocenters. The van der Waals surface area contributed by atoms with Gasteiger partial charge in [-0.1, -0.05) is 12.1 Å². The molecule has 80 valence electrons. The fourth-order valence-corrected chi connectivity index (χ4v) is 0.948. The fourth-order valence-electron chi connectivity index (χ4n) is 0.948. The van der Waals surface area contributed by atoms with Crippen molar-refractivity contribution in [2.45, 2.75) is 6.54 Å². The van der Waals surface area contributed by atoms with E-state index in [0.717, 1.165) is 12.3 Å². The Morgan fingerprint density at radius 2 is 1.71 bits per heavy atom. The van der Waals surface area contributed by atoms with Crippen molar-refractivity contribution >= 4 is 23.2 Å². The Morgan fingerprint density at radius 3 is 2.07 bits per heavy atom. The van der Waals surface area contributed by atoms with Gasteiger partial charge in [-0.2, -0.15) is 0 Å². The third kappa shape index (κ3) is 6.08. The van der Waals surface area contributed by atoms with Gasteiger partial charge in [0.15, 0.2) is 0 Å². The van der Waals surface area contributed by atoms with Gasteiger partial charge in [-0.3, -0.25) is 0 Å². The van der Waals surface area contributed by atoms with Crippen molar-refractivity contribution in [3.8, 4) is 5.75 Å². The summed E-state index contributed by atoms with van der Waals surface area (Å²) in [6.07, 6.45) is 0. The van der Waals surface area contributed by atoms with Gasteiger partial charge in [0, 0.05) is 6.54 Å². The number of hydrogen-bond acceptors (Lipinski definition) is 2. The van der Waals surface area contributed by atoms with Crippen molar-refractivity contribution in [1.82, 2.24) is 5.32 Å². The molecule has 0 aliphatic carbocycles. The average Bonchev–Trinajstić information content (AvgIpc) is 2.21. The van der Waals surface area contributed by atoms with E-state index in [0.29, 0.717) is 0 Å². The molecule has 0 fully saturated rings. The molecule has 4 heteroatoms. The van der Waals surface area contributed by atoms with E-state index in [9.17, 15) is 0 Å². The third-order valence-electron chi connectivity index (χ3n) is 1.54. The zero-order valence-corrected chi connectivity index (χ0v) is 9.90. The number of alkyl halides is 2. The Morgan fingerprint density at radius 1 is 1.21 bits per heavy atom. The lowest BCUT2D eigenvalue weighted by atomic mass is 10.2. The van der Waals surface area contributed by atoms with E-state index in [-0.39, 0.29) is 5.34 Å². The highest BCUT2D eigenvalue weighted by Crippen LogP contribution is 2.10. The molecule has 0 atom stereocenters. The average molecular weight is 236 g/mol. The highest BCUT2D eigenvalue weighted by atomic mass is 35.5. The van der Waals surface area contributed by atoms with Crippen LogP contribution in [0.15, 0.2) is 24.3 Å². The minimum absolute atomic E-state index is 0.194. The number of halogens is 2. The maximum atomic E-state index is 5.03. The lowest BCUT2D eigenvalue weighted by Gasteiger charge is -2.01. The zero-order chi connectivity index (χ0) is 10.8. The molecular formula is C10H15Cl2NO. The van der Waals surface area contributed by atoms with Crippen LogP contribution in [0.3, 0.4) is 0 Å². The molecule has 0 saturated heterocycles. The Bertz CT molecular complexity index is 226. The van der Waals surface area contributed by atoms with E-state index >= 15 is 0 Å². The monoisotopic (exact) mass is 235 g/mol. The van der Waals surface area contributed by atoms with Crippen LogP contribution in [-0.2, 0) is 6.54 Å². The molecule has 0 aliphatic rings. The lowest BCUT2D eigenvalue weighted by molar-refractivity contribution is 0.414. The molecule has 1 rings (SSSR count). The lowest BCUT2D eigenvalue weighted by Crippen LogP contribution is -2.04. The Kier molecular flexibility index (Phi) is 8.84. The van der Waals surface area contributed by atoms with Gasteiger partial charge in [0.25, 0.3) is 0 Å². The van der Waals surface area contributed by atoms with Crippen LogP contribution in [0, 0.1) is 0 Å². The van der Waals surface area contributed by atoms with Crippen LogP contribution in [-0.4, -0.2) is 19.5 Å². The highest BCUT2D eigenvalue weighted by molar-refractivity contribution is 6.40. The Hall–Kier alpha value is -0.440. The van der Waals surface area contributed by atoms with E-state index in [1.807, 2.05) is 19.2 Å². The second-order valence-electron chi connectivity index (χ2n) is 2.48. The third-order valence-corrected chi connectivity index (χ3v) is 1.54. The Labute approximate surface area is 95.2 Å². The smallest absolute Gasteiger partial charge is 0.118 e. The predicted molar refractivity (Wildman–Crippen MR) is 62.3 cm³/mol. The highest BCUT2D eigenvalue weighted by Gasteiger charge is 1.90. The maximum absolute atomic E-state index is 5.03. The minimum atomic E-state index is 0.194. The second-order valence-corrected chi connectivity index (χ2v) is 3.29. The molecule has 1 aromatic carbocycles. The van der Waals surface area contributed by atoms with Gasteiger partial charge in [-0.25, -0.2) is 0 Å². The topological polar surface area (TPSA) is 21.3 Å². The molecule has 0 aromatic heterocycles. The molecule has 1 aromatic rings. The Balaban J connectivity index is 0.000000500. The summed E-state index contributed by atoms with van der Waals surface area (Å²) in [5.41, 5.74) is 1.27. The summed E-state index contributed by atoms with van der Waals surface area (Å²) in [4.78, 5) is 0. The van der Waals surface area contributed by atoms with E-state index in [1.54, 1.807) is 7.11 Å². The van der Waals surface area contributed by atoms with E-state index < -0.39 is 0 Å². The molecule has 14 heavy (non-hydrogen) atoms. The molecule has 0 bridgehead atoms. The van der Waals surface area contributed by atoms with Crippen molar-refractivity contribution in [2.75, 3.05) is 19.5 Å². The number of methoxy groups -OCH3 is 1. The number of nitrogens with one attached hydrogen (secondary N) is 1. The first-order valence-electron chi connectivity index (χ1n) is 4.18. The largest absolute Gasteiger partial charge is 0.497 e. The van der Waals surface area contributed by atoms with E-state index in [1.165, 1.54) is 5.56 Å². The SMILES string of the molecule is CNCc1ccc(OC)cc1.ClCCl. The van der Waals surface area contributed by atoms with Crippen LogP contribution in [0.25, 0.3) is 0 Å². The van der Waals surface area contributed by atoms with Crippen molar-refractivity contribution < 1.29 is 4.74 Å². The summed E-state index contributed by atoms with van der Waals surface area (Å²) in [5, 5.41) is 3.28. The second kappa shape index (κ2) is 9.13. The summed E-state index contributed by atoms with van der Waals surface area (Å²) in [6.45, 7) is 0.907. The number of hydrogen-bond donors (Lipinski definition) is 1. The van der Waals surface area contributed by atoms with Crippen LogP contribution >= 0.6 is 23.2 Å². The van der Waals surface area contributed by atoms with Gasteiger partial charge < -0.3 is 10.1 Å². The molecular weight excluding hydrogens is 221 g/mol. The minimum Gasteiger partial charge on any atom is -0.497 e. The first-order chi connectivity index (χ1) is 6.78. The fraction of sp³-hybridized carbons (Fsp3) is 0.400. The molecule has 0 amide bonds. The summed E-state index contributed by atoms with van der Waals surface area (Å²) in [6, 6.07) is 8.03. The molecule has 0 radical (unpaired) electrons. The van der Waals surface area contributed by atoms with Gasteiger partial charge in [0.05, 0.1) is 12.4 Å². The summed E-state index contributed by atoms with van der Waals surface area (Å²) in [7, 11) is 3.61. The van der Waals surface area contributed by atoms with Crippen molar-refractivity contribution in [3.05, 3.63) is 29.8 Å². The van der Waals surface area contributed by atoms with Crippen molar-refractivity contribution in [2.24, 2.45) is 0 Å². The maximum Gasteiger partial charge on any atom is 0.118 e. The van der Waals surface area contributed by atoms with Gasteiger partial charge in [-0.05, 0) is 24.7 Å². The number of benzene rings is 1. The van der Waals surface area contributed by atoms with Crippen molar-refractivity contribution in [1.29, 1.82) is 0 Å². The van der Waals surface area contributed by atoms with E-state index in [4.69, 9.17) is 27.9 Å². The van der Waals surface area contributed by atoms with Crippen molar-refractivity contribution in [3.63, 3.8) is 0 Å². The van der Waals surface area contributed by atoms with Gasteiger partial charge in [0.2, 0.25) is 0 Å². The van der Waals surface area contributed by atoms with Gasteiger partial charge in [0.1, 0.15) is 5.75 Å². The normalized spacial score (nSPS) is 8.86. The van der Waals surface area contributed by atoms with Gasteiger partial charge in [-0.15, -0.1) is 23.2 Å². The molecule has 0 aliphatic heterocycles. The van der Waals surface area contributed by atoms with E-state index in [2.05, 4.69) is 17.4 Å². The zero-order valence-electron chi connectivity index (χ0n) is 8.39. The summed E-state index contributed by atoms with van der Waals surface area (Å²) < 4.78 is 5.03. The molecule has 0 saturated carbocycles. The van der Waals surface area contributed by atoms with Crippen LogP contribution in [0.1, 0.15) is 5.56 Å². The molecule has 2 nitrogen and oxygen atoms in total. The van der Waals surface area contributed by atoms with Crippen LogP contribution < -0.4 is 10.1 Å². The standard InChI is InChI=1S/C9H13NO.CH2Cl2/c1-10-7-8-3-5-9(11-2)6-4-8;2-1-3/h3-6,10H,7H2,1-2H3;1H2. The molecule has 0 heterocycles. The van der Waals surface area contributed by atoms with Crippen LogP contribution in [0.5, 0.6) is 5.75 Å². The quantitative estimate of drug-likeness (QED) is 0.815.